The van der Waals surface area contributed by atoms with Gasteiger partial charge in [0.1, 0.15) is 0 Å². The van der Waals surface area contributed by atoms with Crippen molar-refractivity contribution in [2.24, 2.45) is 4.99 Å². The number of benzene rings is 1. The molecular weight excluding hydrogens is 485 g/mol. The highest BCUT2D eigenvalue weighted by Crippen LogP contribution is 2.19. The van der Waals surface area contributed by atoms with E-state index in [0.29, 0.717) is 6.04 Å². The molecule has 1 aromatic rings. The Morgan fingerprint density at radius 1 is 1.03 bits per heavy atom. The quantitative estimate of drug-likeness (QED) is 0.349. The standard InChI is InChI=1S/C24H39N5.HI/c1-4-25-24(26-20-21(3)28-17-15-27(5-2)16-18-28)29-13-11-23(12-14-29)19-22-9-7-6-8-10-22;/h6-10,19,21H,4-5,11-18,20H2,1-3H3,(H,25,26);1H. The number of aliphatic imine (C=N–C) groups is 1. The summed E-state index contributed by atoms with van der Waals surface area (Å²) in [6.45, 7) is 16.5. The summed E-state index contributed by atoms with van der Waals surface area (Å²) >= 11 is 0. The number of nitrogens with zero attached hydrogens (tertiary/aromatic N) is 4. The van der Waals surface area contributed by atoms with Crippen LogP contribution < -0.4 is 5.32 Å². The second-order valence-electron chi connectivity index (χ2n) is 8.21. The number of hydrogen-bond acceptors (Lipinski definition) is 3. The van der Waals surface area contributed by atoms with E-state index in [4.69, 9.17) is 4.99 Å². The molecule has 6 heteroatoms. The van der Waals surface area contributed by atoms with Crippen LogP contribution >= 0.6 is 24.0 Å². The molecule has 0 aliphatic carbocycles. The van der Waals surface area contributed by atoms with Gasteiger partial charge in [0, 0.05) is 51.9 Å². The summed E-state index contributed by atoms with van der Waals surface area (Å²) in [5, 5.41) is 3.52. The topological polar surface area (TPSA) is 34.1 Å². The summed E-state index contributed by atoms with van der Waals surface area (Å²) in [7, 11) is 0. The molecule has 0 bridgehead atoms. The molecule has 2 saturated heterocycles. The number of hydrogen-bond donors (Lipinski definition) is 1. The molecule has 1 aromatic carbocycles. The van der Waals surface area contributed by atoms with Crippen molar-refractivity contribution in [3.63, 3.8) is 0 Å². The van der Waals surface area contributed by atoms with Crippen molar-refractivity contribution in [2.75, 3.05) is 58.9 Å². The van der Waals surface area contributed by atoms with Crippen LogP contribution in [-0.4, -0.2) is 85.6 Å². The first kappa shape index (κ1) is 25.1. The van der Waals surface area contributed by atoms with Crippen LogP contribution in [0.5, 0.6) is 0 Å². The van der Waals surface area contributed by atoms with Gasteiger partial charge in [-0.05, 0) is 38.8 Å². The molecule has 1 atom stereocenters. The third-order valence-corrected chi connectivity index (χ3v) is 6.19. The summed E-state index contributed by atoms with van der Waals surface area (Å²) in [5.74, 6) is 1.09. The lowest BCUT2D eigenvalue weighted by Gasteiger charge is -2.37. The van der Waals surface area contributed by atoms with E-state index >= 15 is 0 Å². The molecule has 168 valence electrons. The van der Waals surface area contributed by atoms with Crippen LogP contribution in [0.4, 0.5) is 0 Å². The highest BCUT2D eigenvalue weighted by molar-refractivity contribution is 14.0. The summed E-state index contributed by atoms with van der Waals surface area (Å²) in [5.41, 5.74) is 2.86. The Labute approximate surface area is 200 Å². The first-order chi connectivity index (χ1) is 14.2. The van der Waals surface area contributed by atoms with E-state index in [2.05, 4.69) is 77.2 Å². The van der Waals surface area contributed by atoms with Crippen LogP contribution in [-0.2, 0) is 0 Å². The monoisotopic (exact) mass is 525 g/mol. The van der Waals surface area contributed by atoms with Gasteiger partial charge in [0.25, 0.3) is 0 Å². The Bertz CT molecular complexity index is 657. The summed E-state index contributed by atoms with van der Waals surface area (Å²) in [6, 6.07) is 11.2. The summed E-state index contributed by atoms with van der Waals surface area (Å²) in [6.07, 6.45) is 4.60. The fourth-order valence-electron chi connectivity index (χ4n) is 4.22. The smallest absolute Gasteiger partial charge is 0.193 e. The minimum Gasteiger partial charge on any atom is -0.357 e. The number of likely N-dealkylation sites (tertiary alicyclic amines) is 1. The molecule has 2 aliphatic heterocycles. The number of piperazine rings is 1. The van der Waals surface area contributed by atoms with Gasteiger partial charge in [0.15, 0.2) is 5.96 Å². The second-order valence-corrected chi connectivity index (χ2v) is 8.21. The highest BCUT2D eigenvalue weighted by atomic mass is 127. The Balaban J connectivity index is 0.00000320. The van der Waals surface area contributed by atoms with Crippen molar-refractivity contribution in [2.45, 2.75) is 39.7 Å². The average molecular weight is 526 g/mol. The third kappa shape index (κ3) is 7.54. The predicted octanol–water partition coefficient (Wildman–Crippen LogP) is 3.78. The van der Waals surface area contributed by atoms with Crippen LogP contribution in [0, 0.1) is 0 Å². The Morgan fingerprint density at radius 2 is 1.70 bits per heavy atom. The van der Waals surface area contributed by atoms with Crippen molar-refractivity contribution in [1.82, 2.24) is 20.0 Å². The van der Waals surface area contributed by atoms with Gasteiger partial charge in [-0.25, -0.2) is 0 Å². The molecular formula is C24H40IN5. The molecule has 2 fully saturated rings. The van der Waals surface area contributed by atoms with Crippen LogP contribution in [0.25, 0.3) is 6.08 Å². The van der Waals surface area contributed by atoms with Gasteiger partial charge in [-0.3, -0.25) is 9.89 Å². The minimum atomic E-state index is 0. The number of piperidine rings is 1. The maximum Gasteiger partial charge on any atom is 0.193 e. The van der Waals surface area contributed by atoms with E-state index in [0.717, 1.165) is 45.0 Å². The molecule has 2 heterocycles. The lowest BCUT2D eigenvalue weighted by atomic mass is 10.0. The van der Waals surface area contributed by atoms with E-state index < -0.39 is 0 Å². The van der Waals surface area contributed by atoms with Crippen LogP contribution in [0.3, 0.4) is 0 Å². The van der Waals surface area contributed by atoms with Gasteiger partial charge in [-0.2, -0.15) is 0 Å². The fraction of sp³-hybridized carbons (Fsp3) is 0.625. The van der Waals surface area contributed by atoms with Crippen LogP contribution in [0.1, 0.15) is 39.2 Å². The van der Waals surface area contributed by atoms with Crippen LogP contribution in [0.15, 0.2) is 40.9 Å². The van der Waals surface area contributed by atoms with Crippen molar-refractivity contribution in [3.05, 3.63) is 41.5 Å². The number of rotatable bonds is 6. The normalized spacial score (nSPS) is 19.9. The largest absolute Gasteiger partial charge is 0.357 e. The summed E-state index contributed by atoms with van der Waals surface area (Å²) in [4.78, 5) is 12.6. The Kier molecular flexibility index (Phi) is 11.2. The van der Waals surface area contributed by atoms with Crippen molar-refractivity contribution in [1.29, 1.82) is 0 Å². The van der Waals surface area contributed by atoms with Gasteiger partial charge in [-0.15, -0.1) is 24.0 Å². The molecule has 0 amide bonds. The first-order valence-electron chi connectivity index (χ1n) is 11.4. The number of likely N-dealkylation sites (N-methyl/N-ethyl adjacent to an activating group) is 1. The molecule has 3 rings (SSSR count). The summed E-state index contributed by atoms with van der Waals surface area (Å²) < 4.78 is 0. The highest BCUT2D eigenvalue weighted by Gasteiger charge is 2.21. The van der Waals surface area contributed by atoms with Gasteiger partial charge in [0.2, 0.25) is 0 Å². The SMILES string of the molecule is CCNC(=NCC(C)N1CCN(CC)CC1)N1CCC(=Cc2ccccc2)CC1.I. The zero-order valence-electron chi connectivity index (χ0n) is 19.0. The Hall–Kier alpha value is -1.12. The van der Waals surface area contributed by atoms with Gasteiger partial charge in [0.05, 0.1) is 6.54 Å². The molecule has 0 aromatic heterocycles. The van der Waals surface area contributed by atoms with E-state index in [9.17, 15) is 0 Å². The molecule has 1 N–H and O–H groups in total. The Morgan fingerprint density at radius 3 is 2.30 bits per heavy atom. The zero-order valence-corrected chi connectivity index (χ0v) is 21.3. The number of nitrogens with one attached hydrogen (secondary N) is 1. The van der Waals surface area contributed by atoms with E-state index in [-0.39, 0.29) is 24.0 Å². The van der Waals surface area contributed by atoms with Gasteiger partial charge >= 0.3 is 0 Å². The molecule has 30 heavy (non-hydrogen) atoms. The molecule has 2 aliphatic rings. The molecule has 0 radical (unpaired) electrons. The lowest BCUT2D eigenvalue weighted by molar-refractivity contribution is 0.109. The number of guanidine groups is 1. The van der Waals surface area contributed by atoms with E-state index in [1.165, 1.54) is 38.3 Å². The van der Waals surface area contributed by atoms with Crippen molar-refractivity contribution in [3.8, 4) is 0 Å². The minimum absolute atomic E-state index is 0. The molecule has 0 saturated carbocycles. The number of halogens is 1. The van der Waals surface area contributed by atoms with Gasteiger partial charge in [-0.1, -0.05) is 48.9 Å². The average Bonchev–Trinajstić information content (AvgIpc) is 2.78. The van der Waals surface area contributed by atoms with Crippen molar-refractivity contribution >= 4 is 36.0 Å². The fourth-order valence-corrected chi connectivity index (χ4v) is 4.22. The van der Waals surface area contributed by atoms with Crippen LogP contribution in [0.2, 0.25) is 0 Å². The molecule has 1 unspecified atom stereocenters. The predicted molar refractivity (Wildman–Crippen MR) is 140 cm³/mol. The first-order valence-corrected chi connectivity index (χ1v) is 11.4. The third-order valence-electron chi connectivity index (χ3n) is 6.19. The molecule has 5 nitrogen and oxygen atoms in total. The van der Waals surface area contributed by atoms with Gasteiger partial charge < -0.3 is 15.1 Å². The maximum absolute atomic E-state index is 5.02. The van der Waals surface area contributed by atoms with E-state index in [1.807, 2.05) is 0 Å². The van der Waals surface area contributed by atoms with Crippen molar-refractivity contribution < 1.29 is 0 Å². The maximum atomic E-state index is 5.02. The lowest BCUT2D eigenvalue weighted by Crippen LogP contribution is -2.50. The zero-order chi connectivity index (χ0) is 20.5. The van der Waals surface area contributed by atoms with E-state index in [1.54, 1.807) is 5.57 Å². The second kappa shape index (κ2) is 13.3. The molecule has 0 spiro atoms.